The van der Waals surface area contributed by atoms with E-state index in [-0.39, 0.29) is 23.8 Å². The zero-order valence-electron chi connectivity index (χ0n) is 43.8. The summed E-state index contributed by atoms with van der Waals surface area (Å²) in [5.41, 5.74) is 16.5. The van der Waals surface area contributed by atoms with Gasteiger partial charge in [-0.3, -0.25) is 9.97 Å². The third-order valence-electron chi connectivity index (χ3n) is 13.9. The topological polar surface area (TPSA) is 165 Å². The summed E-state index contributed by atoms with van der Waals surface area (Å²) in [7, 11) is 0. The fourth-order valence-electron chi connectivity index (χ4n) is 9.95. The number of morpholine rings is 4. The molecule has 12 rings (SSSR count). The Kier molecular flexibility index (Phi) is 16.8. The lowest BCUT2D eigenvalue weighted by molar-refractivity contribution is 0.0530. The first kappa shape index (κ1) is 53.1. The van der Waals surface area contributed by atoms with Crippen molar-refractivity contribution in [2.45, 2.75) is 39.9 Å². The van der Waals surface area contributed by atoms with Crippen LogP contribution in [0.4, 0.5) is 48.9 Å². The molecule has 6 aromatic heterocycles. The molecule has 0 aliphatic carbocycles. The second-order valence-electron chi connectivity index (χ2n) is 19.4. The Morgan fingerprint density at radius 1 is 0.571 bits per heavy atom. The molecule has 10 heterocycles. The minimum Gasteiger partial charge on any atom is -0.396 e. The second-order valence-corrected chi connectivity index (χ2v) is 19.7. The maximum absolute atomic E-state index is 14.3. The first-order valence-electron chi connectivity index (χ1n) is 26.1. The fourth-order valence-corrected chi connectivity index (χ4v) is 10.2. The Morgan fingerprint density at radius 3 is 1.60 bits per heavy atom. The number of anilines is 7. The molecule has 4 fully saturated rings. The zero-order valence-corrected chi connectivity index (χ0v) is 44.5. The van der Waals surface area contributed by atoms with E-state index in [1.165, 1.54) is 24.3 Å². The number of nitrogens with one attached hydrogen (secondary N) is 1. The highest BCUT2D eigenvalue weighted by atomic mass is 35.5. The van der Waals surface area contributed by atoms with Gasteiger partial charge in [-0.05, 0) is 93.9 Å². The van der Waals surface area contributed by atoms with Crippen LogP contribution >= 0.6 is 11.6 Å². The monoisotopic (exact) mass is 1060 g/mol. The number of nitrogens with zero attached hydrogens (tertiary/aromatic N) is 10. The number of ether oxygens (including phenoxy) is 4. The Hall–Kier alpha value is -7.35. The molecular formula is C58H63ClF2N12O4. The van der Waals surface area contributed by atoms with E-state index in [0.717, 1.165) is 146 Å². The molecular weight excluding hydrogens is 1000 g/mol. The number of rotatable bonds is 8. The van der Waals surface area contributed by atoms with Gasteiger partial charge in [-0.15, -0.1) is 0 Å². The number of halogens is 3. The van der Waals surface area contributed by atoms with Gasteiger partial charge in [0.05, 0.1) is 132 Å². The normalized spacial score (nSPS) is 17.9. The summed E-state index contributed by atoms with van der Waals surface area (Å²) in [6.45, 7) is 18.9. The first-order chi connectivity index (χ1) is 37.5. The van der Waals surface area contributed by atoms with Gasteiger partial charge in [0.2, 0.25) is 0 Å². The van der Waals surface area contributed by atoms with E-state index in [0.29, 0.717) is 47.3 Å². The van der Waals surface area contributed by atoms with Gasteiger partial charge in [0.1, 0.15) is 11.6 Å². The highest BCUT2D eigenvalue weighted by Crippen LogP contribution is 2.39. The number of aromatic nitrogens is 6. The Balaban J connectivity index is 0.000000145. The number of hydrogen-bond acceptors (Lipinski definition) is 16. The van der Waals surface area contributed by atoms with Crippen LogP contribution in [-0.2, 0) is 18.9 Å². The SMILES string of the molecule is C[C@H]1CN(c2cnc(N3CCOCC3)c(N)c2)CCO1.Cc1c(-c2ccccn2)nc2cc(F)ccc2c1Cl.Cc1c(-c2ccccn2)nc2cc(F)ccc2c1Nc1cc(N2CCO[C@@H](C)C2)cnc1N1CCOCC1. The van der Waals surface area contributed by atoms with Crippen molar-refractivity contribution in [3.63, 3.8) is 0 Å². The van der Waals surface area contributed by atoms with E-state index in [9.17, 15) is 8.78 Å². The molecule has 2 aromatic carbocycles. The smallest absolute Gasteiger partial charge is 0.152 e. The van der Waals surface area contributed by atoms with E-state index < -0.39 is 0 Å². The van der Waals surface area contributed by atoms with Crippen molar-refractivity contribution in [2.75, 3.05) is 123 Å². The number of fused-ring (bicyclic) bond motifs is 2. The van der Waals surface area contributed by atoms with Crippen molar-refractivity contribution < 1.29 is 27.7 Å². The van der Waals surface area contributed by atoms with Crippen LogP contribution in [0.2, 0.25) is 5.02 Å². The van der Waals surface area contributed by atoms with Gasteiger partial charge in [0.15, 0.2) is 11.6 Å². The number of benzene rings is 2. The molecule has 0 bridgehead atoms. The lowest BCUT2D eigenvalue weighted by atomic mass is 10.0. The van der Waals surface area contributed by atoms with Crippen molar-refractivity contribution in [3.05, 3.63) is 138 Å². The molecule has 0 amide bonds. The minimum absolute atomic E-state index is 0.154. The van der Waals surface area contributed by atoms with Crippen LogP contribution in [-0.4, -0.2) is 134 Å². The third-order valence-corrected chi connectivity index (χ3v) is 14.4. The third kappa shape index (κ3) is 12.4. The molecule has 4 saturated heterocycles. The quantitative estimate of drug-likeness (QED) is 0.148. The summed E-state index contributed by atoms with van der Waals surface area (Å²) in [5.74, 6) is 1.08. The number of hydrogen-bond donors (Lipinski definition) is 2. The van der Waals surface area contributed by atoms with Crippen molar-refractivity contribution >= 4 is 73.5 Å². The molecule has 16 nitrogen and oxygen atoms in total. The van der Waals surface area contributed by atoms with Gasteiger partial charge in [-0.25, -0.2) is 28.7 Å². The van der Waals surface area contributed by atoms with Gasteiger partial charge in [0.25, 0.3) is 0 Å². The van der Waals surface area contributed by atoms with Crippen LogP contribution in [0.1, 0.15) is 25.0 Å². The molecule has 4 aliphatic rings. The summed E-state index contributed by atoms with van der Waals surface area (Å²) >= 11 is 6.34. The first-order valence-corrected chi connectivity index (χ1v) is 26.4. The van der Waals surface area contributed by atoms with Crippen LogP contribution in [0.5, 0.6) is 0 Å². The maximum atomic E-state index is 14.3. The molecule has 8 aromatic rings. The minimum atomic E-state index is -0.328. The summed E-state index contributed by atoms with van der Waals surface area (Å²) in [6, 6.07) is 24.6. The Labute approximate surface area is 452 Å². The highest BCUT2D eigenvalue weighted by Gasteiger charge is 2.25. The van der Waals surface area contributed by atoms with Gasteiger partial charge < -0.3 is 49.6 Å². The van der Waals surface area contributed by atoms with E-state index in [1.807, 2.05) is 68.7 Å². The predicted octanol–water partition coefficient (Wildman–Crippen LogP) is 10.1. The lowest BCUT2D eigenvalue weighted by Crippen LogP contribution is -2.41. The van der Waals surface area contributed by atoms with E-state index in [1.54, 1.807) is 24.5 Å². The molecule has 0 saturated carbocycles. The van der Waals surface area contributed by atoms with E-state index in [2.05, 4.69) is 64.8 Å². The van der Waals surface area contributed by atoms with Gasteiger partial charge >= 0.3 is 0 Å². The number of nitrogens with two attached hydrogens (primary N) is 1. The average Bonchev–Trinajstić information content (AvgIpc) is 3.51. The van der Waals surface area contributed by atoms with Crippen LogP contribution in [0.15, 0.2) is 110 Å². The van der Waals surface area contributed by atoms with Crippen molar-refractivity contribution in [3.8, 4) is 22.8 Å². The van der Waals surface area contributed by atoms with Crippen LogP contribution in [0.3, 0.4) is 0 Å². The molecule has 4 aliphatic heterocycles. The Bertz CT molecular complexity index is 3320. The molecule has 19 heteroatoms. The summed E-state index contributed by atoms with van der Waals surface area (Å²) in [4.78, 5) is 36.6. The molecule has 0 radical (unpaired) electrons. The molecule has 77 heavy (non-hydrogen) atoms. The summed E-state index contributed by atoms with van der Waals surface area (Å²) in [6.07, 6.45) is 7.71. The zero-order chi connectivity index (χ0) is 53.4. The molecule has 400 valence electrons. The fraction of sp³-hybridized carbons (Fsp3) is 0.345. The van der Waals surface area contributed by atoms with Crippen LogP contribution in [0.25, 0.3) is 44.6 Å². The number of nitrogen functional groups attached to an aromatic ring is 1. The molecule has 3 N–H and O–H groups in total. The summed E-state index contributed by atoms with van der Waals surface area (Å²) in [5, 5.41) is 5.88. The molecule has 2 atom stereocenters. The number of pyridine rings is 6. The highest BCUT2D eigenvalue weighted by molar-refractivity contribution is 6.36. The lowest BCUT2D eigenvalue weighted by Gasteiger charge is -2.34. The Morgan fingerprint density at radius 2 is 1.06 bits per heavy atom. The van der Waals surface area contributed by atoms with Crippen molar-refractivity contribution in [1.82, 2.24) is 29.9 Å². The largest absolute Gasteiger partial charge is 0.396 e. The van der Waals surface area contributed by atoms with E-state index in [4.69, 9.17) is 46.3 Å². The maximum Gasteiger partial charge on any atom is 0.152 e. The summed E-state index contributed by atoms with van der Waals surface area (Å²) < 4.78 is 49.9. The van der Waals surface area contributed by atoms with Gasteiger partial charge in [-0.2, -0.15) is 0 Å². The van der Waals surface area contributed by atoms with Crippen LogP contribution < -0.4 is 30.7 Å². The second kappa shape index (κ2) is 24.3. The van der Waals surface area contributed by atoms with E-state index >= 15 is 0 Å². The average molecular weight is 1070 g/mol. The standard InChI is InChI=1S/C29H31FN6O2.C15H10ClFN2.C14H22N4O2/c1-19-18-36(11-14-38-19)22-16-26(29(32-17-22)35-9-12-37-13-10-35)34-27-20(2)28(24-5-3-4-8-31-24)33-25-15-21(30)6-7-23(25)27;1-9-14(16)11-6-5-10(17)8-13(11)19-15(9)12-4-2-3-7-18-12;1-11-10-18(4-7-20-11)12-8-13(15)14(16-9-12)17-2-5-19-6-3-17/h3-8,15-17,19H,9-14,18H2,1-2H3,(H,33,34);2-8H,1H3;8-9,11H,2-7,10,15H2,1H3/t19-;;11-/m0.0/s1. The van der Waals surface area contributed by atoms with Crippen LogP contribution in [0, 0.1) is 25.5 Å². The predicted molar refractivity (Wildman–Crippen MR) is 302 cm³/mol. The van der Waals surface area contributed by atoms with Gasteiger partial charge in [0, 0.05) is 93.2 Å². The van der Waals surface area contributed by atoms with Crippen molar-refractivity contribution in [2.24, 2.45) is 0 Å². The molecule has 0 spiro atoms. The van der Waals surface area contributed by atoms with Crippen molar-refractivity contribution in [1.29, 1.82) is 0 Å². The van der Waals surface area contributed by atoms with Gasteiger partial charge in [-0.1, -0.05) is 23.7 Å². The molecule has 0 unspecified atom stereocenters.